The van der Waals surface area contributed by atoms with E-state index in [1.807, 2.05) is 0 Å². The summed E-state index contributed by atoms with van der Waals surface area (Å²) in [6.07, 6.45) is 2.28. The van der Waals surface area contributed by atoms with Crippen molar-refractivity contribution in [2.75, 3.05) is 6.61 Å². The predicted molar refractivity (Wildman–Crippen MR) is 60.9 cm³/mol. The van der Waals surface area contributed by atoms with E-state index in [2.05, 4.69) is 0 Å². The van der Waals surface area contributed by atoms with Crippen LogP contribution in [0.5, 0.6) is 5.75 Å². The Bertz CT molecular complexity index is 467. The first-order valence-corrected chi connectivity index (χ1v) is 4.87. The van der Waals surface area contributed by atoms with Gasteiger partial charge in [0.25, 0.3) is 5.69 Å². The fourth-order valence-corrected chi connectivity index (χ4v) is 1.22. The largest absolute Gasteiger partial charge is 0.493 e. The van der Waals surface area contributed by atoms with E-state index in [9.17, 15) is 14.9 Å². The van der Waals surface area contributed by atoms with Crippen LogP contribution in [0.2, 0.25) is 0 Å². The molecule has 0 heterocycles. The third kappa shape index (κ3) is 3.60. The van der Waals surface area contributed by atoms with Gasteiger partial charge in [-0.25, -0.2) is 4.79 Å². The maximum Gasteiger partial charge on any atom is 0.328 e. The van der Waals surface area contributed by atoms with Crippen molar-refractivity contribution in [3.63, 3.8) is 0 Å². The summed E-state index contributed by atoms with van der Waals surface area (Å²) in [6.45, 7) is 2.08. The summed E-state index contributed by atoms with van der Waals surface area (Å²) in [5.41, 5.74) is 0.390. The maximum absolute atomic E-state index is 10.6. The Morgan fingerprint density at radius 3 is 2.82 bits per heavy atom. The van der Waals surface area contributed by atoms with Gasteiger partial charge in [0.2, 0.25) is 0 Å². The number of nitrogens with zero attached hydrogens (tertiary/aromatic N) is 1. The van der Waals surface area contributed by atoms with Crippen LogP contribution in [-0.4, -0.2) is 22.6 Å². The molecular weight excluding hydrogens is 226 g/mol. The fourth-order valence-electron chi connectivity index (χ4n) is 1.22. The van der Waals surface area contributed by atoms with Crippen LogP contribution in [0, 0.1) is 10.1 Å². The first-order chi connectivity index (χ1) is 8.04. The lowest BCUT2D eigenvalue weighted by molar-refractivity contribution is -0.384. The van der Waals surface area contributed by atoms with Gasteiger partial charge >= 0.3 is 5.97 Å². The second-order valence-corrected chi connectivity index (χ2v) is 3.08. The van der Waals surface area contributed by atoms with Gasteiger partial charge in [-0.3, -0.25) is 10.1 Å². The number of aliphatic carboxylic acids is 1. The zero-order chi connectivity index (χ0) is 12.8. The first kappa shape index (κ1) is 12.7. The van der Waals surface area contributed by atoms with Crippen LogP contribution < -0.4 is 4.74 Å². The molecule has 1 aromatic carbocycles. The molecule has 0 amide bonds. The Hall–Kier alpha value is -2.37. The van der Waals surface area contributed by atoms with E-state index in [1.54, 1.807) is 6.92 Å². The highest BCUT2D eigenvalue weighted by Crippen LogP contribution is 2.25. The molecule has 0 saturated carbocycles. The van der Waals surface area contributed by atoms with Gasteiger partial charge in [-0.1, -0.05) is 0 Å². The molecule has 0 radical (unpaired) electrons. The Balaban J connectivity index is 3.12. The Morgan fingerprint density at radius 2 is 2.29 bits per heavy atom. The van der Waals surface area contributed by atoms with E-state index in [-0.39, 0.29) is 5.69 Å². The maximum atomic E-state index is 10.6. The Labute approximate surface area is 97.3 Å². The summed E-state index contributed by atoms with van der Waals surface area (Å²) in [5, 5.41) is 19.1. The summed E-state index contributed by atoms with van der Waals surface area (Å²) in [4.78, 5) is 20.4. The number of non-ortho nitro benzene ring substituents is 1. The van der Waals surface area contributed by atoms with Crippen LogP contribution in [0.4, 0.5) is 5.69 Å². The predicted octanol–water partition coefficient (Wildman–Crippen LogP) is 2.09. The number of hydrogen-bond donors (Lipinski definition) is 1. The quantitative estimate of drug-likeness (QED) is 0.481. The first-order valence-electron chi connectivity index (χ1n) is 4.87. The normalized spacial score (nSPS) is 10.4. The number of hydrogen-bond acceptors (Lipinski definition) is 4. The minimum Gasteiger partial charge on any atom is -0.493 e. The van der Waals surface area contributed by atoms with Crippen molar-refractivity contribution < 1.29 is 19.6 Å². The molecule has 0 aliphatic carbocycles. The molecular formula is C11H11NO5. The molecule has 1 rings (SSSR count). The summed E-state index contributed by atoms with van der Waals surface area (Å²) in [5.74, 6) is -0.801. The molecule has 0 spiro atoms. The van der Waals surface area contributed by atoms with Crippen molar-refractivity contribution in [3.05, 3.63) is 40.0 Å². The van der Waals surface area contributed by atoms with Gasteiger partial charge in [-0.15, -0.1) is 0 Å². The number of carboxylic acid groups (broad SMARTS) is 1. The molecule has 0 unspecified atom stereocenters. The molecule has 90 valence electrons. The minimum atomic E-state index is -1.09. The molecule has 0 aliphatic heterocycles. The lowest BCUT2D eigenvalue weighted by Gasteiger charge is -2.06. The van der Waals surface area contributed by atoms with Gasteiger partial charge < -0.3 is 9.84 Å². The number of ether oxygens (including phenoxy) is 1. The van der Waals surface area contributed by atoms with Crippen LogP contribution in [0.3, 0.4) is 0 Å². The molecule has 0 fully saturated rings. The van der Waals surface area contributed by atoms with E-state index in [0.717, 1.165) is 6.08 Å². The summed E-state index contributed by atoms with van der Waals surface area (Å²) in [7, 11) is 0. The summed E-state index contributed by atoms with van der Waals surface area (Å²) in [6, 6.07) is 4.01. The number of carboxylic acids is 1. The molecule has 0 atom stereocenters. The fraction of sp³-hybridized carbons (Fsp3) is 0.182. The van der Waals surface area contributed by atoms with Crippen molar-refractivity contribution in [2.24, 2.45) is 0 Å². The van der Waals surface area contributed by atoms with Crippen LogP contribution in [0.15, 0.2) is 24.3 Å². The van der Waals surface area contributed by atoms with Gasteiger partial charge in [0.1, 0.15) is 5.75 Å². The SMILES string of the molecule is CCOc1cc([N+](=O)[O-])ccc1/C=C/C(=O)O. The smallest absolute Gasteiger partial charge is 0.328 e. The number of benzene rings is 1. The standard InChI is InChI=1S/C11H11NO5/c1-2-17-10-7-9(12(15)16)5-3-8(10)4-6-11(13)14/h3-7H,2H2,1H3,(H,13,14)/b6-4+. The molecule has 1 aromatic rings. The molecule has 17 heavy (non-hydrogen) atoms. The highest BCUT2D eigenvalue weighted by molar-refractivity contribution is 5.86. The lowest BCUT2D eigenvalue weighted by Crippen LogP contribution is -1.96. The van der Waals surface area contributed by atoms with Crippen molar-refractivity contribution in [3.8, 4) is 5.75 Å². The van der Waals surface area contributed by atoms with Crippen LogP contribution in [0.25, 0.3) is 6.08 Å². The van der Waals surface area contributed by atoms with Gasteiger partial charge in [0.05, 0.1) is 17.6 Å². The molecule has 0 aromatic heterocycles. The van der Waals surface area contributed by atoms with E-state index in [0.29, 0.717) is 17.9 Å². The average Bonchev–Trinajstić information content (AvgIpc) is 2.27. The van der Waals surface area contributed by atoms with Gasteiger partial charge in [0, 0.05) is 17.7 Å². The molecule has 0 aliphatic rings. The van der Waals surface area contributed by atoms with Gasteiger partial charge in [0.15, 0.2) is 0 Å². The van der Waals surface area contributed by atoms with E-state index in [4.69, 9.17) is 9.84 Å². The monoisotopic (exact) mass is 237 g/mol. The number of nitro benzene ring substituents is 1. The third-order valence-electron chi connectivity index (χ3n) is 1.91. The van der Waals surface area contributed by atoms with Gasteiger partial charge in [-0.05, 0) is 19.1 Å². The number of rotatable bonds is 5. The molecule has 6 nitrogen and oxygen atoms in total. The highest BCUT2D eigenvalue weighted by Gasteiger charge is 2.10. The third-order valence-corrected chi connectivity index (χ3v) is 1.91. The van der Waals surface area contributed by atoms with E-state index < -0.39 is 10.9 Å². The van der Waals surface area contributed by atoms with Crippen molar-refractivity contribution in [2.45, 2.75) is 6.92 Å². The van der Waals surface area contributed by atoms with Crippen molar-refractivity contribution >= 4 is 17.7 Å². The number of carbonyl (C=O) groups is 1. The van der Waals surface area contributed by atoms with Crippen LogP contribution >= 0.6 is 0 Å². The molecule has 0 saturated heterocycles. The summed E-state index contributed by atoms with van der Waals surface area (Å²) >= 11 is 0. The zero-order valence-electron chi connectivity index (χ0n) is 9.12. The van der Waals surface area contributed by atoms with Crippen molar-refractivity contribution in [1.29, 1.82) is 0 Å². The van der Waals surface area contributed by atoms with Crippen LogP contribution in [-0.2, 0) is 4.79 Å². The Morgan fingerprint density at radius 1 is 1.59 bits per heavy atom. The highest BCUT2D eigenvalue weighted by atomic mass is 16.6. The number of nitro groups is 1. The average molecular weight is 237 g/mol. The minimum absolute atomic E-state index is 0.0964. The van der Waals surface area contributed by atoms with E-state index in [1.165, 1.54) is 24.3 Å². The summed E-state index contributed by atoms with van der Waals surface area (Å²) < 4.78 is 5.21. The van der Waals surface area contributed by atoms with Crippen LogP contribution in [0.1, 0.15) is 12.5 Å². The molecule has 6 heteroatoms. The second kappa shape index (κ2) is 5.64. The Kier molecular flexibility index (Phi) is 4.21. The molecule has 1 N–H and O–H groups in total. The van der Waals surface area contributed by atoms with Gasteiger partial charge in [-0.2, -0.15) is 0 Å². The van der Waals surface area contributed by atoms with E-state index >= 15 is 0 Å². The lowest BCUT2D eigenvalue weighted by atomic mass is 10.1. The second-order valence-electron chi connectivity index (χ2n) is 3.08. The topological polar surface area (TPSA) is 89.7 Å². The van der Waals surface area contributed by atoms with Crippen molar-refractivity contribution in [1.82, 2.24) is 0 Å². The molecule has 0 bridgehead atoms. The zero-order valence-corrected chi connectivity index (χ0v) is 9.12.